The molecule has 1 aromatic heterocycles. The van der Waals surface area contributed by atoms with Gasteiger partial charge in [0.15, 0.2) is 5.82 Å². The Labute approximate surface area is 193 Å². The zero-order chi connectivity index (χ0) is 23.5. The van der Waals surface area contributed by atoms with E-state index in [0.29, 0.717) is 29.4 Å². The van der Waals surface area contributed by atoms with Gasteiger partial charge in [-0.15, -0.1) is 0 Å². The van der Waals surface area contributed by atoms with E-state index in [1.807, 2.05) is 7.05 Å². The number of likely N-dealkylation sites (N-methyl/N-ethyl adjacent to an activating group) is 1. The molecule has 9 heteroatoms. The van der Waals surface area contributed by atoms with Crippen LogP contribution in [0.25, 0.3) is 0 Å². The van der Waals surface area contributed by atoms with Crippen LogP contribution in [0.2, 0.25) is 0 Å². The van der Waals surface area contributed by atoms with Gasteiger partial charge in [0.25, 0.3) is 5.91 Å². The minimum Gasteiger partial charge on any atom is -0.495 e. The number of ether oxygens (including phenoxy) is 1. The number of urea groups is 1. The number of nitrogens with one attached hydrogen (secondary N) is 3. The molecule has 0 aliphatic heterocycles. The summed E-state index contributed by atoms with van der Waals surface area (Å²) in [5.74, 6) is 0.485. The van der Waals surface area contributed by atoms with E-state index in [0.717, 1.165) is 25.1 Å². The van der Waals surface area contributed by atoms with Gasteiger partial charge in [0, 0.05) is 43.8 Å². The van der Waals surface area contributed by atoms with Crippen molar-refractivity contribution in [3.63, 3.8) is 0 Å². The Kier molecular flexibility index (Phi) is 8.58. The first-order valence-corrected chi connectivity index (χ1v) is 10.6. The summed E-state index contributed by atoms with van der Waals surface area (Å²) >= 11 is 0. The Morgan fingerprint density at radius 3 is 2.85 bits per heavy atom. The molecule has 9 nitrogen and oxygen atoms in total. The molecule has 1 heterocycles. The number of hydrogen-bond donors (Lipinski definition) is 3. The number of anilines is 2. The maximum absolute atomic E-state index is 12.6. The number of carbonyl (C=O) groups is 2. The predicted octanol–water partition coefficient (Wildman–Crippen LogP) is 3.58. The fraction of sp³-hybridized carbons (Fsp3) is 0.250. The van der Waals surface area contributed by atoms with Crippen molar-refractivity contribution >= 4 is 23.4 Å². The van der Waals surface area contributed by atoms with Crippen LogP contribution < -0.4 is 20.7 Å². The average molecular weight is 449 g/mol. The van der Waals surface area contributed by atoms with Crippen LogP contribution in [0.15, 0.2) is 72.9 Å². The van der Waals surface area contributed by atoms with Crippen LogP contribution in [0, 0.1) is 0 Å². The van der Waals surface area contributed by atoms with Crippen molar-refractivity contribution in [2.24, 2.45) is 0 Å². The molecule has 0 unspecified atom stereocenters. The highest BCUT2D eigenvalue weighted by Gasteiger charge is 2.13. The van der Waals surface area contributed by atoms with Crippen LogP contribution >= 0.6 is 0 Å². The van der Waals surface area contributed by atoms with E-state index < -0.39 is 6.03 Å². The molecule has 0 atom stereocenters. The van der Waals surface area contributed by atoms with Crippen molar-refractivity contribution in [1.82, 2.24) is 20.2 Å². The number of benzene rings is 1. The third kappa shape index (κ3) is 7.20. The number of methoxy groups -OCH3 is 1. The summed E-state index contributed by atoms with van der Waals surface area (Å²) in [7, 11) is 3.51. The molecule has 3 amide bonds. The van der Waals surface area contributed by atoms with Crippen LogP contribution in [-0.4, -0.2) is 54.1 Å². The second-order valence-corrected chi connectivity index (χ2v) is 7.27. The van der Waals surface area contributed by atoms with E-state index >= 15 is 0 Å². The number of allylic oxidation sites excluding steroid dienone is 5. The molecule has 3 rings (SSSR count). The van der Waals surface area contributed by atoms with E-state index in [1.165, 1.54) is 25.7 Å². The molecule has 0 saturated heterocycles. The van der Waals surface area contributed by atoms with Gasteiger partial charge in [0.2, 0.25) is 0 Å². The Hall–Kier alpha value is -4.14. The first-order chi connectivity index (χ1) is 16.1. The third-order valence-electron chi connectivity index (χ3n) is 4.88. The van der Waals surface area contributed by atoms with Crippen molar-refractivity contribution in [3.8, 4) is 5.75 Å². The summed E-state index contributed by atoms with van der Waals surface area (Å²) < 4.78 is 5.35. The quantitative estimate of drug-likeness (QED) is 0.506. The second kappa shape index (κ2) is 12.0. The van der Waals surface area contributed by atoms with Gasteiger partial charge in [0.1, 0.15) is 5.75 Å². The van der Waals surface area contributed by atoms with Crippen LogP contribution in [0.4, 0.5) is 16.3 Å². The van der Waals surface area contributed by atoms with Crippen LogP contribution in [-0.2, 0) is 0 Å². The molecule has 0 saturated carbocycles. The molecule has 0 radical (unpaired) electrons. The zero-order valence-electron chi connectivity index (χ0n) is 18.7. The average Bonchev–Trinajstić information content (AvgIpc) is 3.12. The zero-order valence-corrected chi connectivity index (χ0v) is 18.7. The number of hydrogen-bond acceptors (Lipinski definition) is 6. The van der Waals surface area contributed by atoms with E-state index in [1.54, 1.807) is 18.2 Å². The van der Waals surface area contributed by atoms with Crippen LogP contribution in [0.3, 0.4) is 0 Å². The standard InChI is InChI=1S/C24H28N6O3/c1-30(19-8-5-3-4-6-9-19)15-7-12-27-23(31)18-10-11-20(21(16-18)33-2)28-24(32)29-22-17-25-13-14-26-22/h3,5-6,8-11,13-14,16-17H,4,7,12,15H2,1-2H3,(H,27,31)(H2,26,28,29,32). The molecular weight excluding hydrogens is 420 g/mol. The minimum absolute atomic E-state index is 0.206. The summed E-state index contributed by atoms with van der Waals surface area (Å²) in [4.78, 5) is 34.8. The summed E-state index contributed by atoms with van der Waals surface area (Å²) in [6.45, 7) is 1.36. The van der Waals surface area contributed by atoms with Gasteiger partial charge in [-0.05, 0) is 43.2 Å². The number of nitrogens with zero attached hydrogens (tertiary/aromatic N) is 3. The van der Waals surface area contributed by atoms with Gasteiger partial charge < -0.3 is 20.3 Å². The van der Waals surface area contributed by atoms with Crippen molar-refractivity contribution in [1.29, 1.82) is 0 Å². The van der Waals surface area contributed by atoms with Crippen molar-refractivity contribution in [2.45, 2.75) is 12.8 Å². The maximum atomic E-state index is 12.6. The van der Waals surface area contributed by atoms with Gasteiger partial charge >= 0.3 is 6.03 Å². The van der Waals surface area contributed by atoms with Crippen LogP contribution in [0.5, 0.6) is 5.75 Å². The molecule has 2 aromatic rings. The molecule has 1 aliphatic rings. The molecule has 172 valence electrons. The molecule has 33 heavy (non-hydrogen) atoms. The van der Waals surface area contributed by atoms with E-state index in [-0.39, 0.29) is 5.91 Å². The number of rotatable bonds is 9. The smallest absolute Gasteiger partial charge is 0.324 e. The highest BCUT2D eigenvalue weighted by molar-refractivity contribution is 6.01. The van der Waals surface area contributed by atoms with Gasteiger partial charge in [-0.3, -0.25) is 15.1 Å². The Balaban J connectivity index is 1.49. The number of aromatic nitrogens is 2. The Bertz CT molecular complexity index is 1050. The molecule has 1 aliphatic carbocycles. The van der Waals surface area contributed by atoms with Crippen molar-refractivity contribution < 1.29 is 14.3 Å². The lowest BCUT2D eigenvalue weighted by molar-refractivity contribution is 0.0952. The topological polar surface area (TPSA) is 108 Å². The molecule has 0 spiro atoms. The molecule has 0 bridgehead atoms. The lowest BCUT2D eigenvalue weighted by atomic mass is 10.1. The van der Waals surface area contributed by atoms with Crippen molar-refractivity contribution in [3.05, 3.63) is 78.4 Å². The Morgan fingerprint density at radius 2 is 2.06 bits per heavy atom. The highest BCUT2D eigenvalue weighted by atomic mass is 16.5. The SMILES string of the molecule is COc1cc(C(=O)NCCCN(C)C2=CC=CCC=C2)ccc1NC(=O)Nc1cnccn1. The van der Waals surface area contributed by atoms with Gasteiger partial charge in [-0.2, -0.15) is 0 Å². The molecule has 3 N–H and O–H groups in total. The molecule has 1 aromatic carbocycles. The maximum Gasteiger partial charge on any atom is 0.324 e. The molecule has 0 fully saturated rings. The Morgan fingerprint density at radius 1 is 1.18 bits per heavy atom. The normalized spacial score (nSPS) is 12.4. The highest BCUT2D eigenvalue weighted by Crippen LogP contribution is 2.25. The first-order valence-electron chi connectivity index (χ1n) is 10.6. The second-order valence-electron chi connectivity index (χ2n) is 7.27. The van der Waals surface area contributed by atoms with Gasteiger partial charge in [0.05, 0.1) is 19.0 Å². The van der Waals surface area contributed by atoms with Gasteiger partial charge in [-0.25, -0.2) is 9.78 Å². The summed E-state index contributed by atoms with van der Waals surface area (Å²) in [5, 5.41) is 8.18. The lowest BCUT2D eigenvalue weighted by Gasteiger charge is -2.20. The largest absolute Gasteiger partial charge is 0.495 e. The van der Waals surface area contributed by atoms with E-state index in [4.69, 9.17) is 4.74 Å². The van der Waals surface area contributed by atoms with E-state index in [2.05, 4.69) is 61.2 Å². The number of amides is 3. The summed E-state index contributed by atoms with van der Waals surface area (Å²) in [6, 6.07) is 4.35. The third-order valence-corrected chi connectivity index (χ3v) is 4.88. The van der Waals surface area contributed by atoms with Crippen LogP contribution in [0.1, 0.15) is 23.2 Å². The predicted molar refractivity (Wildman–Crippen MR) is 128 cm³/mol. The first kappa shape index (κ1) is 23.5. The van der Waals surface area contributed by atoms with E-state index in [9.17, 15) is 9.59 Å². The van der Waals surface area contributed by atoms with Crippen molar-refractivity contribution in [2.75, 3.05) is 37.9 Å². The molecular formula is C24H28N6O3. The fourth-order valence-corrected chi connectivity index (χ4v) is 3.14. The fourth-order valence-electron chi connectivity index (χ4n) is 3.14. The number of carbonyl (C=O) groups excluding carboxylic acids is 2. The summed E-state index contributed by atoms with van der Waals surface area (Å²) in [6.07, 6.45) is 16.6. The lowest BCUT2D eigenvalue weighted by Crippen LogP contribution is -2.28. The van der Waals surface area contributed by atoms with Gasteiger partial charge in [-0.1, -0.05) is 18.2 Å². The summed E-state index contributed by atoms with van der Waals surface area (Å²) in [5.41, 5.74) is 2.02. The minimum atomic E-state index is -0.496. The monoisotopic (exact) mass is 448 g/mol.